The molecule has 3 unspecified atom stereocenters. The first-order chi connectivity index (χ1) is 66.0. The highest BCUT2D eigenvalue weighted by Gasteiger charge is 2.73. The van der Waals surface area contributed by atoms with E-state index in [1.165, 1.54) is 40.1 Å². The second-order valence-electron chi connectivity index (χ2n) is 50.0. The molecule has 15 N–H and O–H groups in total. The van der Waals surface area contributed by atoms with Crippen LogP contribution in [0.3, 0.4) is 0 Å². The molecule has 44 heteroatoms. The molecule has 18 atom stereocenters. The molecule has 41 nitrogen and oxygen atoms in total. The number of primary amides is 2. The highest BCUT2D eigenvalue weighted by atomic mass is 32.2. The lowest BCUT2D eigenvalue weighted by atomic mass is 9.80. The maximum absolute atomic E-state index is 14.7. The third kappa shape index (κ3) is 26.8. The van der Waals surface area contributed by atoms with Gasteiger partial charge in [0.15, 0.2) is 0 Å². The summed E-state index contributed by atoms with van der Waals surface area (Å²) in [5.41, 5.74) is 7.00. The summed E-state index contributed by atoms with van der Waals surface area (Å²) in [4.78, 5) is 206. The Morgan fingerprint density at radius 3 is 1.09 bits per heavy atom. The van der Waals surface area contributed by atoms with Gasteiger partial charge >= 0.3 is 18.1 Å². The van der Waals surface area contributed by atoms with Crippen molar-refractivity contribution < 1.29 is 97.2 Å². The summed E-state index contributed by atoms with van der Waals surface area (Å²) >= 11 is 0. The van der Waals surface area contributed by atoms with E-state index < -0.39 is 213 Å². The van der Waals surface area contributed by atoms with Crippen molar-refractivity contribution in [3.63, 3.8) is 0 Å². The van der Waals surface area contributed by atoms with Crippen LogP contribution in [0.15, 0.2) is 12.7 Å². The van der Waals surface area contributed by atoms with E-state index in [1.54, 1.807) is 4.90 Å². The van der Waals surface area contributed by atoms with E-state index in [4.69, 9.17) is 11.5 Å². The number of nitrogens with one attached hydrogen (secondary N) is 11. The number of nitrogens with zero attached hydrogens (tertiary/aromatic N) is 7. The Labute approximate surface area is 846 Å². The normalized spacial score (nSPS) is 27.6. The second kappa shape index (κ2) is 43.7. The fourth-order valence-electron chi connectivity index (χ4n) is 22.8. The van der Waals surface area contributed by atoms with Gasteiger partial charge in [-0.25, -0.2) is 27.5 Å². The number of urea groups is 3. The number of likely N-dealkylation sites (tertiary alicyclic amines) is 3. The molecular formula is C99H166N20O21S3. The van der Waals surface area contributed by atoms with Gasteiger partial charge in [-0.1, -0.05) is 222 Å². The molecule has 143 heavy (non-hydrogen) atoms. The van der Waals surface area contributed by atoms with Gasteiger partial charge in [-0.15, -0.1) is 6.58 Å². The summed E-state index contributed by atoms with van der Waals surface area (Å²) in [6.07, 6.45) is 15.0. The van der Waals surface area contributed by atoms with E-state index in [2.05, 4.69) is 78.3 Å². The monoisotopic (exact) mass is 2070 g/mol. The summed E-state index contributed by atoms with van der Waals surface area (Å²) < 4.78 is 83.3. The Morgan fingerprint density at radius 1 is 0.413 bits per heavy atom. The van der Waals surface area contributed by atoms with Crippen LogP contribution in [0.2, 0.25) is 0 Å². The van der Waals surface area contributed by atoms with Crippen molar-refractivity contribution in [1.82, 2.24) is 89.8 Å². The van der Waals surface area contributed by atoms with Crippen molar-refractivity contribution in [1.29, 1.82) is 0 Å². The van der Waals surface area contributed by atoms with Gasteiger partial charge in [-0.2, -0.15) is 34.1 Å². The number of hydrogen-bond acceptors (Lipinski definition) is 21. The number of rotatable bonds is 36. The smallest absolute Gasteiger partial charge is 0.315 e. The number of fused-ring (bicyclic) bond motifs is 3. The van der Waals surface area contributed by atoms with Crippen LogP contribution in [-0.2, 0) is 88.0 Å². The summed E-state index contributed by atoms with van der Waals surface area (Å²) in [5, 5.41) is 28.5. The first-order valence-electron chi connectivity index (χ1n) is 51.6. The molecule has 0 aromatic rings. The van der Waals surface area contributed by atoms with Crippen LogP contribution in [0.25, 0.3) is 0 Å². The van der Waals surface area contributed by atoms with Gasteiger partial charge in [-0.05, 0) is 141 Å². The van der Waals surface area contributed by atoms with Crippen molar-refractivity contribution in [2.24, 2.45) is 114 Å². The van der Waals surface area contributed by atoms with Crippen LogP contribution in [0.4, 0.5) is 14.4 Å². The van der Waals surface area contributed by atoms with E-state index in [0.29, 0.717) is 65.0 Å². The summed E-state index contributed by atoms with van der Waals surface area (Å²) in [7, 11) is -9.12. The molecule has 15 amide bonds. The summed E-state index contributed by atoms with van der Waals surface area (Å²) in [6.45, 7) is 47.0. The van der Waals surface area contributed by atoms with Gasteiger partial charge in [0.05, 0.1) is 23.9 Å². The van der Waals surface area contributed by atoms with Crippen molar-refractivity contribution in [3.05, 3.63) is 12.7 Å². The van der Waals surface area contributed by atoms with Crippen LogP contribution in [0, 0.1) is 102 Å². The Hall–Kier alpha value is -8.56. The van der Waals surface area contributed by atoms with E-state index in [0.717, 1.165) is 83.5 Å². The van der Waals surface area contributed by atoms with Gasteiger partial charge in [0.25, 0.3) is 38.1 Å². The molecule has 806 valence electrons. The molecule has 6 heterocycles. The van der Waals surface area contributed by atoms with E-state index >= 15 is 0 Å². The molecule has 13 aliphatic rings. The first kappa shape index (κ1) is 115. The van der Waals surface area contributed by atoms with E-state index in [1.807, 2.05) is 132 Å². The van der Waals surface area contributed by atoms with Crippen molar-refractivity contribution >= 4 is 119 Å². The predicted octanol–water partition coefficient (Wildman–Crippen LogP) is 3.62. The van der Waals surface area contributed by atoms with E-state index in [9.17, 15) is 97.2 Å². The van der Waals surface area contributed by atoms with Crippen LogP contribution in [0.1, 0.15) is 255 Å². The zero-order chi connectivity index (χ0) is 107. The Balaban J connectivity index is 0.000000205. The SMILES string of the molecule is C=CCNC(=O)C(=O)C(CC1CCC1)NC(=O)[C@@H]1[C@@H]2[C@H](CN1C(=O)[C@@H](NC(=O)N[C@H](CN1CCCS1(=O)=O)C(C)(C)C)C1CCCCC1)C2(C)C.CC(C)(C)[C@H](NC(=O)N[C@H](CN1CCNS1(=O)=O)C(C)(C)C)C(=O)N1C[C@H]2[C@@H]([C@H]1C(=O)NC(CC1CCC1)C(=O)C(N)=O)C2(C)C.CN1CCN(C[C@@H](NC(=O)N[C@H](C(=O)N2C[C@H]3[C@@H]([C@H]2C(=O)NC(CC2CC2)C(=O)C(N)=O)C3(C)C)C(C)(C)C)C(C)(C)C)S1(=O)=O. The van der Waals surface area contributed by atoms with Crippen molar-refractivity contribution in [2.75, 3.05) is 91.3 Å². The number of hydrogen-bond donors (Lipinski definition) is 13. The van der Waals surface area contributed by atoms with Gasteiger partial charge in [0.2, 0.25) is 62.8 Å². The highest BCUT2D eigenvalue weighted by molar-refractivity contribution is 7.89. The number of carbonyl (C=O) groups is 15. The van der Waals surface area contributed by atoms with Gasteiger partial charge in [-0.3, -0.25) is 57.5 Å². The highest BCUT2D eigenvalue weighted by Crippen LogP contribution is 2.67. The fraction of sp³-hybridized carbons (Fsp3) is 0.828. The summed E-state index contributed by atoms with van der Waals surface area (Å²) in [6, 6.07) is -12.1. The molecule has 0 bridgehead atoms. The second-order valence-corrected chi connectivity index (χ2v) is 55.8. The Kier molecular flexibility index (Phi) is 35.1. The number of likely N-dealkylation sites (N-methyl/N-ethyl adjacent to an activating group) is 1. The zero-order valence-corrected chi connectivity index (χ0v) is 90.7. The molecule has 6 saturated heterocycles. The lowest BCUT2D eigenvalue weighted by Crippen LogP contribution is -2.62. The van der Waals surface area contributed by atoms with Crippen LogP contribution < -0.4 is 69.4 Å². The van der Waals surface area contributed by atoms with Crippen LogP contribution in [0.5, 0.6) is 0 Å². The van der Waals surface area contributed by atoms with E-state index in [-0.39, 0.29) is 126 Å². The molecule has 0 aromatic carbocycles. The number of carbonyl (C=O) groups excluding carboxylic acids is 15. The summed E-state index contributed by atoms with van der Waals surface area (Å²) in [5.74, 6) is -7.60. The fourth-order valence-corrected chi connectivity index (χ4v) is 26.9. The molecule has 7 aliphatic carbocycles. The maximum Gasteiger partial charge on any atom is 0.315 e. The molecule has 7 saturated carbocycles. The number of Topliss-reactive ketones (excluding diaryl/α,β-unsaturated/α-hetero) is 3. The number of sulfonamides is 1. The first-order valence-corrected chi connectivity index (χ1v) is 56.0. The lowest BCUT2D eigenvalue weighted by Gasteiger charge is -2.39. The number of piperidine rings is 3. The molecule has 13 fully saturated rings. The topological polar surface area (TPSA) is 566 Å². The minimum Gasteiger partial charge on any atom is -0.363 e. The minimum absolute atomic E-state index is 0.0548. The molecule has 0 spiro atoms. The quantitative estimate of drug-likeness (QED) is 0.0315. The average molecular weight is 2070 g/mol. The largest absolute Gasteiger partial charge is 0.363 e. The standard InChI is InChI=1S/C37H60N6O7S.2C31H53N7O7S/c1-7-17-38-33(46)31(44)26(20-23-13-11-14-23)39-32(45)30-28-25(37(28,5)6)21-43(30)34(47)29(24-15-9-8-10-16-24)41-35(48)40-27(36(2,3)4)22-42-18-12-19-51(42,49)50;1-29(2,3)20(16-37-13-12-36(9)46(37,44)45)34-28(43)35-24(30(4,5)6)27(42)38-15-18-21(31(18,7)8)22(38)26(41)33-19(14-17-10-11-17)23(39)25(32)40;1-29(2,3)20(16-37-13-12-33-46(37,44)45)35-28(43)36-24(30(4,5)6)27(42)38-15-18-21(31(18,7)8)22(38)26(41)34-19(23(39)25(32)40)14-17-10-9-11-17/h7,23-30H,1,8-22H2,2-6H3,(H,38,46)(H,39,45)(H2,40,41,48);17-22,24H,10-16H2,1-9H3,(H2,32,40)(H,33,41)(H2,34,35,43);17-22,24,33H,9-16H2,1-8H3,(H2,32,40)(H,34,41)(H2,35,36,43)/t25-,26?,27+,28-,29-,30-;2*18-,19?,20+,21-,22-,24+/m000/s1. The number of amides is 15. The molecule has 6 aliphatic heterocycles. The average Bonchev–Trinajstić information content (AvgIpc) is 1.53. The number of ketones is 3. The zero-order valence-electron chi connectivity index (χ0n) is 88.3. The molecule has 13 rings (SSSR count). The van der Waals surface area contributed by atoms with Crippen LogP contribution >= 0.6 is 0 Å². The van der Waals surface area contributed by atoms with Gasteiger partial charge in [0, 0.05) is 104 Å². The molecule has 0 aromatic heterocycles. The van der Waals surface area contributed by atoms with Gasteiger partial charge in [0.1, 0.15) is 36.3 Å². The van der Waals surface area contributed by atoms with Gasteiger partial charge < -0.3 is 79.3 Å². The van der Waals surface area contributed by atoms with Crippen molar-refractivity contribution in [3.8, 4) is 0 Å². The van der Waals surface area contributed by atoms with Crippen molar-refractivity contribution in [2.45, 2.75) is 327 Å². The Bertz CT molecular complexity index is 5180. The third-order valence-electron chi connectivity index (χ3n) is 33.4. The molecule has 0 radical (unpaired) electrons. The Morgan fingerprint density at radius 2 is 0.776 bits per heavy atom. The predicted molar refractivity (Wildman–Crippen MR) is 536 cm³/mol. The molecular weight excluding hydrogens is 1900 g/mol. The maximum atomic E-state index is 14.7. The third-order valence-corrected chi connectivity index (χ3v) is 38.8. The lowest BCUT2D eigenvalue weighted by molar-refractivity contribution is -0.145. The van der Waals surface area contributed by atoms with Crippen LogP contribution in [-0.4, -0.2) is 310 Å². The number of nitrogens with two attached hydrogens (primary N) is 2. The minimum atomic E-state index is -3.63.